The van der Waals surface area contributed by atoms with E-state index in [2.05, 4.69) is 102 Å². The molecule has 0 fully saturated rings. The van der Waals surface area contributed by atoms with Crippen molar-refractivity contribution < 1.29 is 8.98 Å². The second kappa shape index (κ2) is 7.40. The van der Waals surface area contributed by atoms with Crippen molar-refractivity contribution >= 4 is 33.0 Å². The van der Waals surface area contributed by atoms with Crippen molar-refractivity contribution in [3.8, 4) is 11.3 Å². The molecule has 0 spiro atoms. The summed E-state index contributed by atoms with van der Waals surface area (Å²) in [5, 5.41) is 3.43. The van der Waals surface area contributed by atoms with Gasteiger partial charge in [0.25, 0.3) is 0 Å². The Hall–Kier alpha value is -3.20. The van der Waals surface area contributed by atoms with Crippen LogP contribution in [-0.2, 0) is 24.3 Å². The Bertz CT molecular complexity index is 1650. The van der Waals surface area contributed by atoms with Gasteiger partial charge in [0.2, 0.25) is 11.4 Å². The molecule has 0 saturated carbocycles. The van der Waals surface area contributed by atoms with Crippen LogP contribution in [0.3, 0.4) is 0 Å². The summed E-state index contributed by atoms with van der Waals surface area (Å²) < 4.78 is 8.84. The molecule has 0 aliphatic heterocycles. The molecule has 0 bridgehead atoms. The van der Waals surface area contributed by atoms with Crippen LogP contribution in [0.2, 0.25) is 0 Å². The zero-order valence-corrected chi connectivity index (χ0v) is 22.0. The molecule has 3 aromatic heterocycles. The molecule has 0 N–H and O–H groups in total. The molecule has 1 aliphatic rings. The number of fused-ring (bicyclic) bond motifs is 6. The van der Waals surface area contributed by atoms with E-state index in [9.17, 15) is 0 Å². The first-order chi connectivity index (χ1) is 16.6. The third-order valence-corrected chi connectivity index (χ3v) is 8.47. The van der Waals surface area contributed by atoms with Gasteiger partial charge in [-0.2, -0.15) is 0 Å². The van der Waals surface area contributed by atoms with E-state index in [4.69, 9.17) is 9.40 Å². The van der Waals surface area contributed by atoms with Gasteiger partial charge in [0.15, 0.2) is 11.8 Å². The molecule has 3 heteroatoms. The maximum atomic E-state index is 6.64. The van der Waals surface area contributed by atoms with E-state index in [1.807, 2.05) is 0 Å². The molecule has 0 unspecified atom stereocenters. The van der Waals surface area contributed by atoms with Crippen molar-refractivity contribution in [3.63, 3.8) is 0 Å². The van der Waals surface area contributed by atoms with Crippen molar-refractivity contribution in [1.29, 1.82) is 0 Å². The Morgan fingerprint density at radius 2 is 1.71 bits per heavy atom. The van der Waals surface area contributed by atoms with Crippen molar-refractivity contribution in [3.05, 3.63) is 70.9 Å². The molecule has 2 aromatic carbocycles. The molecule has 0 atom stereocenters. The minimum atomic E-state index is 0.0904. The smallest absolute Gasteiger partial charge is 0.227 e. The van der Waals surface area contributed by atoms with Gasteiger partial charge in [0, 0.05) is 28.3 Å². The highest BCUT2D eigenvalue weighted by Gasteiger charge is 2.38. The van der Waals surface area contributed by atoms with E-state index in [0.717, 1.165) is 39.6 Å². The average Bonchev–Trinajstić information content (AvgIpc) is 3.18. The largest absolute Gasteiger partial charge is 0.437 e. The molecule has 3 nitrogen and oxygen atoms in total. The van der Waals surface area contributed by atoms with Crippen LogP contribution >= 0.6 is 0 Å². The standard InChI is InChI=1S/C32H35N2O/c1-8-20-13-16-34(7)25(17-20)26-19(2)9-11-22-23-18-21-10-12-24-27(28(21)33-30(23)35-29(22)26)32(5,6)15-14-31(24,3)4/h9-13,16-18H,8,14-15H2,1-7H3/q+1. The molecule has 0 radical (unpaired) electrons. The predicted octanol–water partition coefficient (Wildman–Crippen LogP) is 7.85. The third kappa shape index (κ3) is 3.24. The summed E-state index contributed by atoms with van der Waals surface area (Å²) in [6.07, 6.45) is 5.52. The quantitative estimate of drug-likeness (QED) is 0.250. The maximum Gasteiger partial charge on any atom is 0.227 e. The van der Waals surface area contributed by atoms with E-state index in [1.54, 1.807) is 0 Å². The lowest BCUT2D eigenvalue weighted by Crippen LogP contribution is -2.34. The van der Waals surface area contributed by atoms with Crippen molar-refractivity contribution in [1.82, 2.24) is 4.98 Å². The number of nitrogens with zero attached hydrogens (tertiary/aromatic N) is 2. The highest BCUT2D eigenvalue weighted by atomic mass is 16.3. The summed E-state index contributed by atoms with van der Waals surface area (Å²) in [6.45, 7) is 13.8. The second-order valence-corrected chi connectivity index (χ2v) is 11.8. The summed E-state index contributed by atoms with van der Waals surface area (Å²) in [5.74, 6) is 0. The summed E-state index contributed by atoms with van der Waals surface area (Å²) in [5.41, 5.74) is 10.7. The Morgan fingerprint density at radius 1 is 0.943 bits per heavy atom. The van der Waals surface area contributed by atoms with Gasteiger partial charge in [-0.05, 0) is 65.3 Å². The summed E-state index contributed by atoms with van der Waals surface area (Å²) >= 11 is 0. The van der Waals surface area contributed by atoms with Crippen LogP contribution in [0.15, 0.2) is 53.1 Å². The molecular weight excluding hydrogens is 428 g/mol. The summed E-state index contributed by atoms with van der Waals surface area (Å²) in [7, 11) is 2.11. The molecule has 5 aromatic rings. The second-order valence-electron chi connectivity index (χ2n) is 11.8. The lowest BCUT2D eigenvalue weighted by atomic mass is 9.62. The minimum absolute atomic E-state index is 0.0904. The van der Waals surface area contributed by atoms with Gasteiger partial charge >= 0.3 is 0 Å². The normalized spacial score (nSPS) is 16.8. The van der Waals surface area contributed by atoms with Gasteiger partial charge in [0.05, 0.1) is 11.1 Å². The molecule has 3 heterocycles. The van der Waals surface area contributed by atoms with Gasteiger partial charge in [-0.25, -0.2) is 9.55 Å². The van der Waals surface area contributed by atoms with Crippen molar-refractivity contribution in [2.45, 2.75) is 71.6 Å². The van der Waals surface area contributed by atoms with E-state index >= 15 is 0 Å². The molecule has 0 saturated heterocycles. The number of rotatable bonds is 2. The number of aryl methyl sites for hydroxylation is 3. The molecule has 178 valence electrons. The first-order valence-corrected chi connectivity index (χ1v) is 12.9. The van der Waals surface area contributed by atoms with Crippen LogP contribution in [-0.4, -0.2) is 4.98 Å². The van der Waals surface area contributed by atoms with Crippen molar-refractivity contribution in [2.24, 2.45) is 7.05 Å². The fraction of sp³-hybridized carbons (Fsp3) is 0.375. The summed E-state index contributed by atoms with van der Waals surface area (Å²) in [6, 6.07) is 15.8. The Balaban J connectivity index is 1.69. The fourth-order valence-corrected chi connectivity index (χ4v) is 6.12. The predicted molar refractivity (Wildman–Crippen MR) is 145 cm³/mol. The van der Waals surface area contributed by atoms with Crippen molar-refractivity contribution in [2.75, 3.05) is 0 Å². The Labute approximate surface area is 207 Å². The van der Waals surface area contributed by atoms with E-state index in [0.29, 0.717) is 0 Å². The monoisotopic (exact) mass is 463 g/mol. The average molecular weight is 464 g/mol. The number of furan rings is 1. The number of benzene rings is 2. The highest BCUT2D eigenvalue weighted by molar-refractivity contribution is 6.11. The highest BCUT2D eigenvalue weighted by Crippen LogP contribution is 2.48. The first-order valence-electron chi connectivity index (χ1n) is 12.9. The number of pyridine rings is 2. The van der Waals surface area contributed by atoms with Crippen LogP contribution in [0.4, 0.5) is 0 Å². The van der Waals surface area contributed by atoms with Gasteiger partial charge < -0.3 is 4.42 Å². The van der Waals surface area contributed by atoms with E-state index in [-0.39, 0.29) is 10.8 Å². The lowest BCUT2D eigenvalue weighted by Gasteiger charge is -2.42. The van der Waals surface area contributed by atoms with E-state index in [1.165, 1.54) is 46.2 Å². The fourth-order valence-electron chi connectivity index (χ4n) is 6.12. The Kier molecular flexibility index (Phi) is 4.71. The molecule has 35 heavy (non-hydrogen) atoms. The van der Waals surface area contributed by atoms with Gasteiger partial charge in [-0.3, -0.25) is 0 Å². The SMILES string of the molecule is CCc1cc[n+](C)c(-c2c(C)ccc3c2oc2nc4c5c(ccc4cc23)C(C)(C)CCC5(C)C)c1. The number of aromatic nitrogens is 2. The maximum absolute atomic E-state index is 6.64. The van der Waals surface area contributed by atoms with Crippen LogP contribution in [0.25, 0.3) is 44.2 Å². The Morgan fingerprint density at radius 3 is 2.49 bits per heavy atom. The van der Waals surface area contributed by atoms with Gasteiger partial charge in [-0.15, -0.1) is 0 Å². The van der Waals surface area contributed by atoms with Crippen LogP contribution < -0.4 is 4.57 Å². The molecule has 0 amide bonds. The number of hydrogen-bond donors (Lipinski definition) is 0. The van der Waals surface area contributed by atoms with Gasteiger partial charge in [0.1, 0.15) is 7.05 Å². The zero-order chi connectivity index (χ0) is 24.7. The number of hydrogen-bond acceptors (Lipinski definition) is 2. The topological polar surface area (TPSA) is 29.9 Å². The minimum Gasteiger partial charge on any atom is -0.437 e. The van der Waals surface area contributed by atoms with E-state index < -0.39 is 0 Å². The lowest BCUT2D eigenvalue weighted by molar-refractivity contribution is -0.660. The third-order valence-electron chi connectivity index (χ3n) is 8.47. The zero-order valence-electron chi connectivity index (χ0n) is 22.0. The van der Waals surface area contributed by atoms with Gasteiger partial charge in [-0.1, -0.05) is 58.9 Å². The molecule has 6 rings (SSSR count). The summed E-state index contributed by atoms with van der Waals surface area (Å²) in [4.78, 5) is 5.24. The first kappa shape index (κ1) is 22.3. The van der Waals surface area contributed by atoms with Crippen LogP contribution in [0, 0.1) is 6.92 Å². The van der Waals surface area contributed by atoms with Crippen LogP contribution in [0.1, 0.15) is 69.7 Å². The molecule has 1 aliphatic carbocycles. The molecular formula is C32H35N2O+. The van der Waals surface area contributed by atoms with Crippen LogP contribution in [0.5, 0.6) is 0 Å².